The van der Waals surface area contributed by atoms with Gasteiger partial charge in [0.25, 0.3) is 5.91 Å². The number of rotatable bonds is 6. The van der Waals surface area contributed by atoms with Crippen LogP contribution in [0, 0.1) is 0 Å². The van der Waals surface area contributed by atoms with Gasteiger partial charge in [-0.25, -0.2) is 8.42 Å². The van der Waals surface area contributed by atoms with Crippen LogP contribution in [0.2, 0.25) is 0 Å². The van der Waals surface area contributed by atoms with Crippen molar-refractivity contribution in [3.05, 3.63) is 100 Å². The molecule has 0 bridgehead atoms. The number of anilines is 1. The third kappa shape index (κ3) is 4.61. The Morgan fingerprint density at radius 3 is 2.82 bits per heavy atom. The SMILES string of the molecule is O=C(Nc1cccc(Cn2cccn2)c1)c1cccc(S(=O)(=O)N2CCc3sccc3C2)c1. The van der Waals surface area contributed by atoms with Crippen LogP contribution in [0.1, 0.15) is 26.4 Å². The summed E-state index contributed by atoms with van der Waals surface area (Å²) in [6.45, 7) is 1.39. The molecular weight excluding hydrogens is 456 g/mol. The highest BCUT2D eigenvalue weighted by Crippen LogP contribution is 2.28. The van der Waals surface area contributed by atoms with E-state index in [1.807, 2.05) is 41.9 Å². The fraction of sp³-hybridized carbons (Fsp3) is 0.167. The zero-order chi connectivity index (χ0) is 22.8. The van der Waals surface area contributed by atoms with E-state index in [4.69, 9.17) is 0 Å². The topological polar surface area (TPSA) is 84.3 Å². The van der Waals surface area contributed by atoms with Crippen molar-refractivity contribution in [1.29, 1.82) is 0 Å². The van der Waals surface area contributed by atoms with Crippen molar-refractivity contribution in [2.75, 3.05) is 11.9 Å². The lowest BCUT2D eigenvalue weighted by atomic mass is 10.1. The van der Waals surface area contributed by atoms with Crippen molar-refractivity contribution in [1.82, 2.24) is 14.1 Å². The Morgan fingerprint density at radius 1 is 1.09 bits per heavy atom. The molecule has 0 aliphatic carbocycles. The highest BCUT2D eigenvalue weighted by atomic mass is 32.2. The molecule has 4 aromatic rings. The number of sulfonamides is 1. The number of thiophene rings is 1. The molecule has 0 spiro atoms. The largest absolute Gasteiger partial charge is 0.322 e. The van der Waals surface area contributed by atoms with E-state index in [1.54, 1.807) is 46.5 Å². The minimum absolute atomic E-state index is 0.126. The zero-order valence-electron chi connectivity index (χ0n) is 17.7. The molecule has 0 saturated heterocycles. The molecule has 1 aliphatic heterocycles. The Morgan fingerprint density at radius 2 is 1.97 bits per heavy atom. The van der Waals surface area contributed by atoms with E-state index in [9.17, 15) is 13.2 Å². The molecule has 168 valence electrons. The Kier molecular flexibility index (Phi) is 5.84. The van der Waals surface area contributed by atoms with Crippen LogP contribution in [0.15, 0.2) is 83.3 Å². The van der Waals surface area contributed by atoms with Crippen molar-refractivity contribution >= 4 is 33.0 Å². The predicted molar refractivity (Wildman–Crippen MR) is 128 cm³/mol. The summed E-state index contributed by atoms with van der Waals surface area (Å²) >= 11 is 1.66. The van der Waals surface area contributed by atoms with Crippen molar-refractivity contribution < 1.29 is 13.2 Å². The maximum Gasteiger partial charge on any atom is 0.255 e. The van der Waals surface area contributed by atoms with Crippen LogP contribution in [0.25, 0.3) is 0 Å². The van der Waals surface area contributed by atoms with E-state index in [2.05, 4.69) is 10.4 Å². The number of hydrogen-bond acceptors (Lipinski definition) is 5. The summed E-state index contributed by atoms with van der Waals surface area (Å²) < 4.78 is 29.8. The van der Waals surface area contributed by atoms with E-state index in [0.717, 1.165) is 11.1 Å². The second kappa shape index (κ2) is 8.93. The number of carbonyl (C=O) groups excluding carboxylic acids is 1. The van der Waals surface area contributed by atoms with Crippen molar-refractivity contribution in [2.45, 2.75) is 24.4 Å². The van der Waals surface area contributed by atoms with Crippen LogP contribution in [-0.4, -0.2) is 35.0 Å². The first-order valence-electron chi connectivity index (χ1n) is 10.5. The highest BCUT2D eigenvalue weighted by Gasteiger charge is 2.29. The third-order valence-corrected chi connectivity index (χ3v) is 8.46. The van der Waals surface area contributed by atoms with E-state index in [1.165, 1.54) is 15.2 Å². The van der Waals surface area contributed by atoms with Gasteiger partial charge in [-0.15, -0.1) is 11.3 Å². The first-order chi connectivity index (χ1) is 16.0. The van der Waals surface area contributed by atoms with Crippen LogP contribution < -0.4 is 5.32 Å². The quantitative estimate of drug-likeness (QED) is 0.454. The summed E-state index contributed by atoms with van der Waals surface area (Å²) in [5, 5.41) is 9.07. The molecule has 2 aromatic heterocycles. The maximum atomic E-state index is 13.2. The molecule has 1 aliphatic rings. The number of aromatic nitrogens is 2. The van der Waals surface area contributed by atoms with Crippen molar-refractivity contribution in [2.24, 2.45) is 0 Å². The average Bonchev–Trinajstić information content (AvgIpc) is 3.51. The smallest absolute Gasteiger partial charge is 0.255 e. The van der Waals surface area contributed by atoms with Gasteiger partial charge in [0.2, 0.25) is 10.0 Å². The Hall–Kier alpha value is -3.27. The van der Waals surface area contributed by atoms with Gasteiger partial charge in [-0.05, 0) is 65.4 Å². The third-order valence-electron chi connectivity index (χ3n) is 5.60. The second-order valence-electron chi connectivity index (χ2n) is 7.84. The number of nitrogens with zero attached hydrogens (tertiary/aromatic N) is 3. The molecule has 0 radical (unpaired) electrons. The molecule has 9 heteroatoms. The van der Waals surface area contributed by atoms with E-state index in [0.29, 0.717) is 37.3 Å². The van der Waals surface area contributed by atoms with E-state index >= 15 is 0 Å². The van der Waals surface area contributed by atoms with E-state index in [-0.39, 0.29) is 10.8 Å². The van der Waals surface area contributed by atoms with Crippen LogP contribution >= 0.6 is 11.3 Å². The standard InChI is InChI=1S/C24H22N4O3S2/c29-24(26-21-6-1-4-18(14-21)16-27-11-3-10-25-27)19-5-2-7-22(15-19)33(30,31)28-12-8-23-20(17-28)9-13-32-23/h1-7,9-11,13-15H,8,12,16-17H2,(H,26,29). The predicted octanol–water partition coefficient (Wildman–Crippen LogP) is 3.99. The summed E-state index contributed by atoms with van der Waals surface area (Å²) in [4.78, 5) is 14.3. The van der Waals surface area contributed by atoms with Crippen LogP contribution in [0.4, 0.5) is 5.69 Å². The fourth-order valence-electron chi connectivity index (χ4n) is 3.91. The molecule has 0 atom stereocenters. The highest BCUT2D eigenvalue weighted by molar-refractivity contribution is 7.89. The fourth-order valence-corrected chi connectivity index (χ4v) is 6.26. The first kappa shape index (κ1) is 21.6. The lowest BCUT2D eigenvalue weighted by Gasteiger charge is -2.26. The number of fused-ring (bicyclic) bond motifs is 1. The lowest BCUT2D eigenvalue weighted by molar-refractivity contribution is 0.102. The molecule has 3 heterocycles. The summed E-state index contributed by atoms with van der Waals surface area (Å²) in [7, 11) is -3.70. The summed E-state index contributed by atoms with van der Waals surface area (Å²) in [6.07, 6.45) is 4.30. The molecular formula is C24H22N4O3S2. The number of carbonyl (C=O) groups is 1. The maximum absolute atomic E-state index is 13.2. The average molecular weight is 479 g/mol. The number of hydrogen-bond donors (Lipinski definition) is 1. The number of amides is 1. The lowest BCUT2D eigenvalue weighted by Crippen LogP contribution is -2.35. The molecule has 0 saturated carbocycles. The zero-order valence-corrected chi connectivity index (χ0v) is 19.3. The molecule has 1 N–H and O–H groups in total. The Bertz CT molecular complexity index is 1390. The monoisotopic (exact) mass is 478 g/mol. The minimum atomic E-state index is -3.70. The van der Waals surface area contributed by atoms with Gasteiger partial charge < -0.3 is 5.32 Å². The van der Waals surface area contributed by atoms with Gasteiger partial charge in [0.1, 0.15) is 0 Å². The number of nitrogens with one attached hydrogen (secondary N) is 1. The van der Waals surface area contributed by atoms with E-state index < -0.39 is 10.0 Å². The summed E-state index contributed by atoms with van der Waals surface area (Å²) in [5.74, 6) is -0.359. The van der Waals surface area contributed by atoms with Crippen molar-refractivity contribution in [3.63, 3.8) is 0 Å². The van der Waals surface area contributed by atoms with Gasteiger partial charge in [-0.3, -0.25) is 9.48 Å². The van der Waals surface area contributed by atoms with Crippen LogP contribution in [0.3, 0.4) is 0 Å². The normalized spacial score (nSPS) is 14.1. The van der Waals surface area contributed by atoms with Crippen LogP contribution in [0.5, 0.6) is 0 Å². The van der Waals surface area contributed by atoms with Gasteiger partial charge in [0, 0.05) is 41.6 Å². The van der Waals surface area contributed by atoms with Gasteiger partial charge in [-0.1, -0.05) is 18.2 Å². The van der Waals surface area contributed by atoms with Gasteiger partial charge in [0.15, 0.2) is 0 Å². The molecule has 0 fully saturated rings. The van der Waals surface area contributed by atoms with Gasteiger partial charge in [-0.2, -0.15) is 9.40 Å². The first-order valence-corrected chi connectivity index (χ1v) is 12.8. The van der Waals surface area contributed by atoms with Gasteiger partial charge >= 0.3 is 0 Å². The Labute approximate surface area is 196 Å². The summed E-state index contributed by atoms with van der Waals surface area (Å²) in [6, 6.07) is 17.6. The molecule has 5 rings (SSSR count). The van der Waals surface area contributed by atoms with Crippen LogP contribution in [-0.2, 0) is 29.5 Å². The molecule has 0 unspecified atom stereocenters. The molecule has 2 aromatic carbocycles. The van der Waals surface area contributed by atoms with Crippen molar-refractivity contribution in [3.8, 4) is 0 Å². The summed E-state index contributed by atoms with van der Waals surface area (Å²) in [5.41, 5.74) is 2.98. The molecule has 33 heavy (non-hydrogen) atoms. The molecule has 1 amide bonds. The van der Waals surface area contributed by atoms with Gasteiger partial charge in [0.05, 0.1) is 11.4 Å². The minimum Gasteiger partial charge on any atom is -0.322 e. The second-order valence-corrected chi connectivity index (χ2v) is 10.8. The molecule has 7 nitrogen and oxygen atoms in total. The Balaban J connectivity index is 1.32. The number of benzene rings is 2.